The van der Waals surface area contributed by atoms with Gasteiger partial charge in [-0.05, 0) is 46.3 Å². The zero-order valence-electron chi connectivity index (χ0n) is 10.1. The average Bonchev–Trinajstić information content (AvgIpc) is 2.42. The second-order valence-electron chi connectivity index (χ2n) is 3.73. The molecule has 0 spiro atoms. The minimum atomic E-state index is -0.250. The molecule has 2 N–H and O–H groups in total. The predicted octanol–water partition coefficient (Wildman–Crippen LogP) is 3.79. The SMILES string of the molecule is CNc1ncccc1C(=O)Nc1cc(Cl)ccc1Br. The predicted molar refractivity (Wildman–Crippen MR) is 80.9 cm³/mol. The summed E-state index contributed by atoms with van der Waals surface area (Å²) < 4.78 is 0.764. The molecule has 0 radical (unpaired) electrons. The molecule has 2 aromatic rings. The Balaban J connectivity index is 2.28. The van der Waals surface area contributed by atoms with E-state index in [9.17, 15) is 4.79 Å². The highest BCUT2D eigenvalue weighted by Crippen LogP contribution is 2.26. The van der Waals surface area contributed by atoms with Crippen molar-refractivity contribution in [3.63, 3.8) is 0 Å². The van der Waals surface area contributed by atoms with Crippen LogP contribution in [0.5, 0.6) is 0 Å². The molecule has 6 heteroatoms. The lowest BCUT2D eigenvalue weighted by atomic mass is 10.2. The number of nitrogens with one attached hydrogen (secondary N) is 2. The lowest BCUT2D eigenvalue weighted by molar-refractivity contribution is 0.102. The number of carbonyl (C=O) groups excluding carboxylic acids is 1. The van der Waals surface area contributed by atoms with Crippen molar-refractivity contribution in [3.05, 3.63) is 51.6 Å². The number of pyridine rings is 1. The first-order valence-electron chi connectivity index (χ1n) is 5.51. The molecule has 0 unspecified atom stereocenters. The van der Waals surface area contributed by atoms with Crippen LogP contribution in [0.4, 0.5) is 11.5 Å². The first kappa shape index (κ1) is 13.8. The summed E-state index contributed by atoms with van der Waals surface area (Å²) in [4.78, 5) is 16.3. The van der Waals surface area contributed by atoms with E-state index in [1.54, 1.807) is 43.6 Å². The fourth-order valence-electron chi connectivity index (χ4n) is 1.57. The molecule has 98 valence electrons. The molecule has 1 aromatic heterocycles. The summed E-state index contributed by atoms with van der Waals surface area (Å²) in [6.07, 6.45) is 1.62. The van der Waals surface area contributed by atoms with Gasteiger partial charge < -0.3 is 10.6 Å². The van der Waals surface area contributed by atoms with Gasteiger partial charge in [-0.15, -0.1) is 0 Å². The number of nitrogens with zero attached hydrogens (tertiary/aromatic N) is 1. The molecule has 0 bridgehead atoms. The summed E-state index contributed by atoms with van der Waals surface area (Å²) in [7, 11) is 1.72. The normalized spacial score (nSPS) is 10.1. The van der Waals surface area contributed by atoms with Crippen LogP contribution in [0.15, 0.2) is 41.0 Å². The first-order chi connectivity index (χ1) is 9.11. The molecule has 0 aliphatic carbocycles. The third-order valence-corrected chi connectivity index (χ3v) is 3.39. The van der Waals surface area contributed by atoms with Gasteiger partial charge in [0.15, 0.2) is 0 Å². The van der Waals surface area contributed by atoms with Crippen molar-refractivity contribution in [1.29, 1.82) is 0 Å². The summed E-state index contributed by atoms with van der Waals surface area (Å²) >= 11 is 9.27. The van der Waals surface area contributed by atoms with E-state index in [4.69, 9.17) is 11.6 Å². The first-order valence-corrected chi connectivity index (χ1v) is 6.68. The third-order valence-electron chi connectivity index (χ3n) is 2.47. The van der Waals surface area contributed by atoms with Crippen molar-refractivity contribution in [2.75, 3.05) is 17.7 Å². The molecular weight excluding hydrogens is 330 g/mol. The van der Waals surface area contributed by atoms with Crippen LogP contribution in [-0.4, -0.2) is 17.9 Å². The highest BCUT2D eigenvalue weighted by atomic mass is 79.9. The third kappa shape index (κ3) is 3.24. The molecule has 2 rings (SSSR count). The van der Waals surface area contributed by atoms with Gasteiger partial charge in [0.1, 0.15) is 5.82 Å². The number of halogens is 2. The number of rotatable bonds is 3. The van der Waals surface area contributed by atoms with Crippen LogP contribution in [0.1, 0.15) is 10.4 Å². The van der Waals surface area contributed by atoms with Gasteiger partial charge in [0.2, 0.25) is 0 Å². The average molecular weight is 341 g/mol. The fraction of sp³-hybridized carbons (Fsp3) is 0.0769. The van der Waals surface area contributed by atoms with Crippen molar-refractivity contribution >= 4 is 44.9 Å². The number of hydrogen-bond acceptors (Lipinski definition) is 3. The van der Waals surface area contributed by atoms with Crippen LogP contribution in [-0.2, 0) is 0 Å². The maximum atomic E-state index is 12.2. The standard InChI is InChI=1S/C13H11BrClN3O/c1-16-12-9(3-2-6-17-12)13(19)18-11-7-8(15)4-5-10(11)14/h2-7H,1H3,(H,16,17)(H,18,19). The summed E-state index contributed by atoms with van der Waals surface area (Å²) in [6, 6.07) is 8.61. The molecule has 0 atom stereocenters. The fourth-order valence-corrected chi connectivity index (χ4v) is 2.09. The molecule has 1 heterocycles. The van der Waals surface area contributed by atoms with Gasteiger partial charge in [-0.2, -0.15) is 0 Å². The molecule has 0 aliphatic rings. The van der Waals surface area contributed by atoms with Crippen LogP contribution in [0, 0.1) is 0 Å². The molecule has 19 heavy (non-hydrogen) atoms. The van der Waals surface area contributed by atoms with Crippen molar-refractivity contribution in [3.8, 4) is 0 Å². The highest BCUT2D eigenvalue weighted by molar-refractivity contribution is 9.10. The largest absolute Gasteiger partial charge is 0.372 e. The van der Waals surface area contributed by atoms with E-state index in [0.717, 1.165) is 4.47 Å². The number of hydrogen-bond donors (Lipinski definition) is 2. The zero-order chi connectivity index (χ0) is 13.8. The molecule has 1 aromatic carbocycles. The van der Waals surface area contributed by atoms with Crippen molar-refractivity contribution < 1.29 is 4.79 Å². The van der Waals surface area contributed by atoms with Gasteiger partial charge in [0.25, 0.3) is 5.91 Å². The van der Waals surface area contributed by atoms with Crippen LogP contribution < -0.4 is 10.6 Å². The summed E-state index contributed by atoms with van der Waals surface area (Å²) in [5, 5.41) is 6.22. The maximum absolute atomic E-state index is 12.2. The number of anilines is 2. The summed E-state index contributed by atoms with van der Waals surface area (Å²) in [5.41, 5.74) is 1.08. The molecule has 0 saturated carbocycles. The van der Waals surface area contributed by atoms with Crippen LogP contribution in [0.25, 0.3) is 0 Å². The Morgan fingerprint density at radius 3 is 2.89 bits per heavy atom. The van der Waals surface area contributed by atoms with E-state index in [1.807, 2.05) is 0 Å². The monoisotopic (exact) mass is 339 g/mol. The maximum Gasteiger partial charge on any atom is 0.259 e. The van der Waals surface area contributed by atoms with E-state index >= 15 is 0 Å². The van der Waals surface area contributed by atoms with E-state index in [1.165, 1.54) is 0 Å². The minimum absolute atomic E-state index is 0.250. The molecule has 0 saturated heterocycles. The molecule has 0 aliphatic heterocycles. The number of carbonyl (C=O) groups is 1. The van der Waals surface area contributed by atoms with Crippen molar-refractivity contribution in [2.45, 2.75) is 0 Å². The topological polar surface area (TPSA) is 54.0 Å². The Morgan fingerprint density at radius 1 is 1.37 bits per heavy atom. The molecule has 4 nitrogen and oxygen atoms in total. The van der Waals surface area contributed by atoms with Crippen molar-refractivity contribution in [1.82, 2.24) is 4.98 Å². The summed E-state index contributed by atoms with van der Waals surface area (Å²) in [5.74, 6) is 0.276. The lowest BCUT2D eigenvalue weighted by Crippen LogP contribution is -2.15. The van der Waals surface area contributed by atoms with Gasteiger partial charge in [-0.25, -0.2) is 4.98 Å². The van der Waals surface area contributed by atoms with Crippen molar-refractivity contribution in [2.24, 2.45) is 0 Å². The van der Waals surface area contributed by atoms with Crippen LogP contribution in [0.2, 0.25) is 5.02 Å². The number of amides is 1. The Hall–Kier alpha value is -1.59. The molecule has 0 fully saturated rings. The van der Waals surface area contributed by atoms with Gasteiger partial charge in [0, 0.05) is 22.7 Å². The quantitative estimate of drug-likeness (QED) is 0.894. The zero-order valence-corrected chi connectivity index (χ0v) is 12.4. The van der Waals surface area contributed by atoms with E-state index in [0.29, 0.717) is 22.1 Å². The van der Waals surface area contributed by atoms with E-state index in [-0.39, 0.29) is 5.91 Å². The van der Waals surface area contributed by atoms with Gasteiger partial charge in [-0.1, -0.05) is 11.6 Å². The molecular formula is C13H11BrClN3O. The summed E-state index contributed by atoms with van der Waals surface area (Å²) in [6.45, 7) is 0. The Kier molecular flexibility index (Phi) is 4.39. The second kappa shape index (κ2) is 6.04. The number of aromatic nitrogens is 1. The number of benzene rings is 1. The van der Waals surface area contributed by atoms with Gasteiger partial charge in [0.05, 0.1) is 11.3 Å². The Labute approximate surface area is 124 Å². The smallest absolute Gasteiger partial charge is 0.259 e. The second-order valence-corrected chi connectivity index (χ2v) is 5.02. The Morgan fingerprint density at radius 2 is 2.16 bits per heavy atom. The lowest BCUT2D eigenvalue weighted by Gasteiger charge is -2.10. The van der Waals surface area contributed by atoms with Crippen LogP contribution in [0.3, 0.4) is 0 Å². The molecule has 1 amide bonds. The van der Waals surface area contributed by atoms with Gasteiger partial charge >= 0.3 is 0 Å². The Bertz CT molecular complexity index is 619. The van der Waals surface area contributed by atoms with E-state index in [2.05, 4.69) is 31.5 Å². The minimum Gasteiger partial charge on any atom is -0.372 e. The van der Waals surface area contributed by atoms with Crippen LogP contribution >= 0.6 is 27.5 Å². The van der Waals surface area contributed by atoms with Gasteiger partial charge in [-0.3, -0.25) is 4.79 Å². The highest BCUT2D eigenvalue weighted by Gasteiger charge is 2.13. The van der Waals surface area contributed by atoms with E-state index < -0.39 is 0 Å².